The number of halogens is 1. The predicted octanol–water partition coefficient (Wildman–Crippen LogP) is 5.05. The van der Waals surface area contributed by atoms with E-state index >= 15 is 0 Å². The summed E-state index contributed by atoms with van der Waals surface area (Å²) in [4.78, 5) is 26.0. The molecule has 0 radical (unpaired) electrons. The van der Waals surface area contributed by atoms with Crippen molar-refractivity contribution in [3.8, 4) is 5.75 Å². The van der Waals surface area contributed by atoms with Crippen LogP contribution in [0.15, 0.2) is 72.8 Å². The van der Waals surface area contributed by atoms with Gasteiger partial charge in [0.05, 0.1) is 0 Å². The van der Waals surface area contributed by atoms with Crippen molar-refractivity contribution in [1.29, 1.82) is 0 Å². The lowest BCUT2D eigenvalue weighted by molar-refractivity contribution is -0.137. The molecule has 0 fully saturated rings. The van der Waals surface area contributed by atoms with Gasteiger partial charge >= 0.3 is 5.97 Å². The van der Waals surface area contributed by atoms with E-state index in [1.165, 1.54) is 4.90 Å². The number of amides is 1. The molecule has 5 nitrogen and oxygen atoms in total. The molecule has 0 saturated heterocycles. The van der Waals surface area contributed by atoms with Crippen molar-refractivity contribution in [3.05, 3.63) is 100 Å². The molecule has 3 aromatic carbocycles. The zero-order valence-corrected chi connectivity index (χ0v) is 19.2. The summed E-state index contributed by atoms with van der Waals surface area (Å²) in [5, 5.41) is 10.0. The Morgan fingerprint density at radius 1 is 1.06 bits per heavy atom. The van der Waals surface area contributed by atoms with Crippen molar-refractivity contribution in [2.45, 2.75) is 31.8 Å². The van der Waals surface area contributed by atoms with Crippen LogP contribution in [0.5, 0.6) is 5.75 Å². The average molecular weight is 464 g/mol. The van der Waals surface area contributed by atoms with Gasteiger partial charge in [0.15, 0.2) is 0 Å². The van der Waals surface area contributed by atoms with Gasteiger partial charge in [0.2, 0.25) is 0 Å². The molecule has 0 aromatic heterocycles. The van der Waals surface area contributed by atoms with E-state index in [4.69, 9.17) is 16.3 Å². The van der Waals surface area contributed by atoms with E-state index < -0.39 is 11.6 Å². The normalized spacial score (nSPS) is 16.7. The second-order valence-electron chi connectivity index (χ2n) is 8.68. The van der Waals surface area contributed by atoms with E-state index in [-0.39, 0.29) is 12.5 Å². The third kappa shape index (κ3) is 5.55. The Hall–Kier alpha value is -3.31. The lowest BCUT2D eigenvalue weighted by Gasteiger charge is -2.24. The van der Waals surface area contributed by atoms with Gasteiger partial charge in [0, 0.05) is 30.0 Å². The first-order chi connectivity index (χ1) is 15.8. The molecule has 170 valence electrons. The lowest BCUT2D eigenvalue weighted by atomic mass is 9.91. The molecule has 1 heterocycles. The van der Waals surface area contributed by atoms with Crippen LogP contribution in [-0.2, 0) is 24.1 Å². The summed E-state index contributed by atoms with van der Waals surface area (Å²) in [5.41, 5.74) is 3.00. The van der Waals surface area contributed by atoms with E-state index in [9.17, 15) is 14.7 Å². The number of hydrogen-bond acceptors (Lipinski definition) is 3. The molecule has 1 aliphatic heterocycles. The molecule has 1 amide bonds. The molecule has 33 heavy (non-hydrogen) atoms. The number of carbonyl (C=O) groups excluding carboxylic acids is 1. The summed E-state index contributed by atoms with van der Waals surface area (Å²) in [5.74, 6) is -0.584. The molecule has 1 N–H and O–H groups in total. The maximum absolute atomic E-state index is 13.2. The standard InChI is InChI=1S/C27H26ClNO4/c1-27(16-21-9-5-6-10-23(21)28)17-22-15-20(11-12-24(22)33-27)26(32)29(18-25(30)31)14-13-19-7-3-2-4-8-19/h2-12,15H,13-14,16-18H2,1H3,(H,30,31)/t27-/m0/s1. The number of hydrogen-bond donors (Lipinski definition) is 1. The molecule has 0 unspecified atom stereocenters. The summed E-state index contributed by atoms with van der Waals surface area (Å²) in [6, 6.07) is 22.8. The molecular formula is C27H26ClNO4. The first kappa shape index (κ1) is 22.9. The van der Waals surface area contributed by atoms with Crippen LogP contribution in [0, 0.1) is 0 Å². The number of nitrogens with zero attached hydrogens (tertiary/aromatic N) is 1. The van der Waals surface area contributed by atoms with Crippen LogP contribution in [0.4, 0.5) is 0 Å². The first-order valence-electron chi connectivity index (χ1n) is 10.9. The van der Waals surface area contributed by atoms with E-state index in [0.29, 0.717) is 36.4 Å². The predicted molar refractivity (Wildman–Crippen MR) is 128 cm³/mol. The first-order valence-corrected chi connectivity index (χ1v) is 11.3. The topological polar surface area (TPSA) is 66.8 Å². The number of aliphatic carboxylic acids is 1. The van der Waals surface area contributed by atoms with Gasteiger partial charge in [-0.2, -0.15) is 0 Å². The molecule has 1 aliphatic rings. The zero-order chi connectivity index (χ0) is 23.4. The summed E-state index contributed by atoms with van der Waals surface area (Å²) in [6.45, 7) is 2.02. The minimum atomic E-state index is -1.03. The number of fused-ring (bicyclic) bond motifs is 1. The Balaban J connectivity index is 1.49. The average Bonchev–Trinajstić information content (AvgIpc) is 3.13. The molecule has 0 bridgehead atoms. The number of carbonyl (C=O) groups is 2. The van der Waals surface area contributed by atoms with E-state index in [0.717, 1.165) is 22.4 Å². The lowest BCUT2D eigenvalue weighted by Crippen LogP contribution is -2.37. The van der Waals surface area contributed by atoms with Gasteiger partial charge in [0.1, 0.15) is 17.9 Å². The monoisotopic (exact) mass is 463 g/mol. The summed E-state index contributed by atoms with van der Waals surface area (Å²) in [7, 11) is 0. The Morgan fingerprint density at radius 2 is 1.79 bits per heavy atom. The zero-order valence-electron chi connectivity index (χ0n) is 18.5. The number of carboxylic acid groups (broad SMARTS) is 1. The Kier molecular flexibility index (Phi) is 6.70. The highest BCUT2D eigenvalue weighted by atomic mass is 35.5. The van der Waals surface area contributed by atoms with Crippen molar-refractivity contribution in [2.75, 3.05) is 13.1 Å². The fourth-order valence-electron chi connectivity index (χ4n) is 4.30. The summed E-state index contributed by atoms with van der Waals surface area (Å²) in [6.07, 6.45) is 1.87. The molecule has 0 spiro atoms. The number of rotatable bonds is 8. The smallest absolute Gasteiger partial charge is 0.323 e. The second-order valence-corrected chi connectivity index (χ2v) is 9.08. The third-order valence-electron chi connectivity index (χ3n) is 5.88. The molecule has 1 atom stereocenters. The van der Waals surface area contributed by atoms with Crippen molar-refractivity contribution in [3.63, 3.8) is 0 Å². The fraction of sp³-hybridized carbons (Fsp3) is 0.259. The third-order valence-corrected chi connectivity index (χ3v) is 6.25. The van der Waals surface area contributed by atoms with Crippen LogP contribution in [-0.4, -0.2) is 40.6 Å². The molecule has 6 heteroatoms. The largest absolute Gasteiger partial charge is 0.487 e. The van der Waals surface area contributed by atoms with Gasteiger partial charge in [-0.05, 0) is 54.3 Å². The van der Waals surface area contributed by atoms with Crippen LogP contribution < -0.4 is 4.74 Å². The molecule has 3 aromatic rings. The van der Waals surface area contributed by atoms with E-state index in [1.807, 2.05) is 67.6 Å². The number of carboxylic acids is 1. The van der Waals surface area contributed by atoms with Gasteiger partial charge in [-0.1, -0.05) is 60.1 Å². The number of benzene rings is 3. The van der Waals surface area contributed by atoms with Crippen LogP contribution in [0.2, 0.25) is 5.02 Å². The van der Waals surface area contributed by atoms with Gasteiger partial charge in [0.25, 0.3) is 5.91 Å². The Morgan fingerprint density at radius 3 is 2.52 bits per heavy atom. The highest BCUT2D eigenvalue weighted by Crippen LogP contribution is 2.38. The van der Waals surface area contributed by atoms with Crippen LogP contribution in [0.25, 0.3) is 0 Å². The van der Waals surface area contributed by atoms with Gasteiger partial charge in [-0.15, -0.1) is 0 Å². The molecule has 4 rings (SSSR count). The minimum Gasteiger partial charge on any atom is -0.487 e. The Bertz CT molecular complexity index is 1160. The van der Waals surface area contributed by atoms with Crippen molar-refractivity contribution in [1.82, 2.24) is 4.90 Å². The van der Waals surface area contributed by atoms with Crippen molar-refractivity contribution in [2.24, 2.45) is 0 Å². The Labute approximate surface area is 198 Å². The van der Waals surface area contributed by atoms with E-state index in [1.54, 1.807) is 12.1 Å². The maximum Gasteiger partial charge on any atom is 0.323 e. The van der Waals surface area contributed by atoms with Crippen LogP contribution in [0.1, 0.15) is 34.0 Å². The van der Waals surface area contributed by atoms with Crippen LogP contribution in [0.3, 0.4) is 0 Å². The quantitative estimate of drug-likeness (QED) is 0.508. The number of ether oxygens (including phenoxy) is 1. The maximum atomic E-state index is 13.2. The summed E-state index contributed by atoms with van der Waals surface area (Å²) >= 11 is 6.34. The van der Waals surface area contributed by atoms with Crippen molar-refractivity contribution < 1.29 is 19.4 Å². The molecular weight excluding hydrogens is 438 g/mol. The van der Waals surface area contributed by atoms with Gasteiger partial charge in [-0.25, -0.2) is 0 Å². The second kappa shape index (κ2) is 9.67. The van der Waals surface area contributed by atoms with Crippen LogP contribution >= 0.6 is 11.6 Å². The minimum absolute atomic E-state index is 0.296. The van der Waals surface area contributed by atoms with E-state index in [2.05, 4.69) is 0 Å². The molecule has 0 aliphatic carbocycles. The SMILES string of the molecule is C[C@]1(Cc2ccccc2Cl)Cc2cc(C(=O)N(CCc3ccccc3)CC(=O)O)ccc2O1. The molecule has 0 saturated carbocycles. The van der Waals surface area contributed by atoms with Gasteiger partial charge < -0.3 is 14.7 Å². The highest BCUT2D eigenvalue weighted by Gasteiger charge is 2.36. The summed E-state index contributed by atoms with van der Waals surface area (Å²) < 4.78 is 6.24. The van der Waals surface area contributed by atoms with Crippen molar-refractivity contribution >= 4 is 23.5 Å². The highest BCUT2D eigenvalue weighted by molar-refractivity contribution is 6.31. The van der Waals surface area contributed by atoms with Gasteiger partial charge in [-0.3, -0.25) is 9.59 Å². The fourth-order valence-corrected chi connectivity index (χ4v) is 4.51.